The molecule has 0 saturated carbocycles. The smallest absolute Gasteiger partial charge is 0.191 e. The highest BCUT2D eigenvalue weighted by atomic mass is 32.1. The largest absolute Gasteiger partial charge is 0.498 e. The molecule has 1 aromatic heterocycles. The summed E-state index contributed by atoms with van der Waals surface area (Å²) in [6.45, 7) is 0. The minimum Gasteiger partial charge on any atom is -0.498 e. The van der Waals surface area contributed by atoms with Gasteiger partial charge in [-0.1, -0.05) is 0 Å². The maximum Gasteiger partial charge on any atom is 0.191 e. The fraction of sp³-hybridized carbons (Fsp3) is 0. The van der Waals surface area contributed by atoms with Gasteiger partial charge in [-0.05, 0) is 0 Å². The summed E-state index contributed by atoms with van der Waals surface area (Å²) in [7, 11) is 0. The predicted molar refractivity (Wildman–Crippen MR) is 22.6 cm³/mol. The van der Waals surface area contributed by atoms with Crippen LogP contribution < -0.4 is 0 Å². The van der Waals surface area contributed by atoms with E-state index in [2.05, 4.69) is 10.6 Å². The molecule has 31 valence electrons. The Morgan fingerprint density at radius 3 is 3.00 bits per heavy atom. The second-order valence-corrected chi connectivity index (χ2v) is 1.58. The third-order valence-corrected chi connectivity index (χ3v) is 0.882. The molecule has 3 heteroatoms. The van der Waals surface area contributed by atoms with E-state index in [9.17, 15) is 0 Å². The molecule has 0 aliphatic heterocycles. The fourth-order valence-corrected chi connectivity index (χ4v) is 0.485. The van der Waals surface area contributed by atoms with Gasteiger partial charge in [-0.15, -0.1) is 0 Å². The summed E-state index contributed by atoms with van der Waals surface area (Å²) in [4.78, 5) is 0. The average molecular weight is 100 g/mol. The molecule has 1 rings (SSSR count). The fourth-order valence-electron chi connectivity index (χ4n) is 0.181. The second kappa shape index (κ2) is 1.26. The van der Waals surface area contributed by atoms with Crippen molar-refractivity contribution in [3.63, 3.8) is 0 Å². The zero-order valence-corrected chi connectivity index (χ0v) is 3.70. The Bertz CT molecular complexity index is 114. The monoisotopic (exact) mass is 100.0 g/mol. The number of hydrogen-bond acceptors (Lipinski definition) is 3. The van der Waals surface area contributed by atoms with Crippen LogP contribution in [0.25, 0.3) is 0 Å². The molecular formula is C3H2NOS. The maximum atomic E-state index is 8.40. The van der Waals surface area contributed by atoms with Gasteiger partial charge in [-0.2, -0.15) is 4.37 Å². The first-order valence-electron chi connectivity index (χ1n) is 1.41. The molecule has 0 bridgehead atoms. The van der Waals surface area contributed by atoms with Crippen LogP contribution in [0.4, 0.5) is 0 Å². The molecule has 1 radical (unpaired) electrons. The van der Waals surface area contributed by atoms with Gasteiger partial charge in [0.25, 0.3) is 0 Å². The van der Waals surface area contributed by atoms with Crippen LogP contribution in [0, 0.1) is 6.20 Å². The van der Waals surface area contributed by atoms with Crippen molar-refractivity contribution < 1.29 is 5.11 Å². The van der Waals surface area contributed by atoms with Gasteiger partial charge < -0.3 is 5.11 Å². The Balaban J connectivity index is 3.05. The van der Waals surface area contributed by atoms with Crippen LogP contribution in [0.2, 0.25) is 0 Å². The first kappa shape index (κ1) is 3.61. The zero-order valence-electron chi connectivity index (χ0n) is 2.88. The van der Waals surface area contributed by atoms with Crippen molar-refractivity contribution in [2.45, 2.75) is 0 Å². The van der Waals surface area contributed by atoms with Crippen LogP contribution in [-0.4, -0.2) is 9.48 Å². The third-order valence-electron chi connectivity index (χ3n) is 0.380. The summed E-state index contributed by atoms with van der Waals surface area (Å²) >= 11 is 1.03. The molecule has 0 spiro atoms. The Morgan fingerprint density at radius 2 is 2.83 bits per heavy atom. The number of hydrogen-bond donors (Lipinski definition) is 1. The van der Waals surface area contributed by atoms with Crippen LogP contribution in [0.3, 0.4) is 0 Å². The summed E-state index contributed by atoms with van der Waals surface area (Å²) < 4.78 is 3.49. The van der Waals surface area contributed by atoms with Crippen LogP contribution in [0.1, 0.15) is 0 Å². The van der Waals surface area contributed by atoms with E-state index in [0.29, 0.717) is 0 Å². The molecule has 6 heavy (non-hydrogen) atoms. The van der Waals surface area contributed by atoms with Crippen molar-refractivity contribution in [3.05, 3.63) is 12.3 Å². The van der Waals surface area contributed by atoms with Crippen molar-refractivity contribution >= 4 is 11.5 Å². The first-order chi connectivity index (χ1) is 2.89. The number of aromatic hydroxyl groups is 1. The maximum absolute atomic E-state index is 8.40. The lowest BCUT2D eigenvalue weighted by Gasteiger charge is -1.65. The van der Waals surface area contributed by atoms with Gasteiger partial charge in [0, 0.05) is 17.6 Å². The molecule has 0 amide bonds. The molecule has 1 aromatic rings. The van der Waals surface area contributed by atoms with Crippen LogP contribution in [0.15, 0.2) is 6.07 Å². The molecule has 0 fully saturated rings. The summed E-state index contributed by atoms with van der Waals surface area (Å²) in [6, 6.07) is 1.42. The second-order valence-electron chi connectivity index (χ2n) is 0.794. The number of nitrogens with zero attached hydrogens (tertiary/aromatic N) is 1. The molecule has 0 unspecified atom stereocenters. The lowest BCUT2D eigenvalue weighted by atomic mass is 10.7. The Kier molecular flexibility index (Phi) is 0.759. The molecule has 0 aromatic carbocycles. The van der Waals surface area contributed by atoms with Gasteiger partial charge in [0.15, 0.2) is 5.06 Å². The van der Waals surface area contributed by atoms with Crippen LogP contribution in [0.5, 0.6) is 5.06 Å². The van der Waals surface area contributed by atoms with E-state index in [0.717, 1.165) is 11.5 Å². The Hall–Kier alpha value is -0.570. The van der Waals surface area contributed by atoms with Gasteiger partial charge in [-0.25, -0.2) is 0 Å². The van der Waals surface area contributed by atoms with Crippen LogP contribution >= 0.6 is 11.5 Å². The van der Waals surface area contributed by atoms with Crippen molar-refractivity contribution in [1.29, 1.82) is 0 Å². The van der Waals surface area contributed by atoms with Gasteiger partial charge in [-0.3, -0.25) is 0 Å². The average Bonchev–Trinajstić information content (AvgIpc) is 1.86. The van der Waals surface area contributed by atoms with E-state index >= 15 is 0 Å². The van der Waals surface area contributed by atoms with E-state index in [1.54, 1.807) is 0 Å². The highest BCUT2D eigenvalue weighted by Crippen LogP contribution is 2.09. The SMILES string of the molecule is Oc1c[c]ns1. The highest BCUT2D eigenvalue weighted by molar-refractivity contribution is 7.07. The number of aromatic nitrogens is 1. The molecule has 1 heterocycles. The molecule has 0 atom stereocenters. The van der Waals surface area contributed by atoms with Gasteiger partial charge in [0.2, 0.25) is 0 Å². The van der Waals surface area contributed by atoms with E-state index in [-0.39, 0.29) is 5.06 Å². The normalized spacial score (nSPS) is 8.67. The predicted octanol–water partition coefficient (Wildman–Crippen LogP) is 0.649. The summed E-state index contributed by atoms with van der Waals surface area (Å²) in [5.74, 6) is 0. The summed E-state index contributed by atoms with van der Waals surface area (Å²) in [5, 5.41) is 8.61. The van der Waals surface area contributed by atoms with Gasteiger partial charge in [0.1, 0.15) is 6.20 Å². The van der Waals surface area contributed by atoms with Crippen molar-refractivity contribution in [2.75, 3.05) is 0 Å². The highest BCUT2D eigenvalue weighted by Gasteiger charge is 1.80. The Morgan fingerprint density at radius 1 is 2.00 bits per heavy atom. The van der Waals surface area contributed by atoms with E-state index in [1.165, 1.54) is 6.07 Å². The number of rotatable bonds is 0. The van der Waals surface area contributed by atoms with E-state index in [1.807, 2.05) is 0 Å². The molecule has 0 aliphatic carbocycles. The van der Waals surface area contributed by atoms with Crippen LogP contribution in [-0.2, 0) is 0 Å². The molecule has 2 nitrogen and oxygen atoms in total. The lowest BCUT2D eigenvalue weighted by Crippen LogP contribution is -1.36. The first-order valence-corrected chi connectivity index (χ1v) is 2.18. The quantitative estimate of drug-likeness (QED) is 0.519. The summed E-state index contributed by atoms with van der Waals surface area (Å²) in [6.07, 6.45) is 2.45. The lowest BCUT2D eigenvalue weighted by molar-refractivity contribution is 0.491. The molecule has 0 aliphatic rings. The topological polar surface area (TPSA) is 33.1 Å². The standard InChI is InChI=1S/C3H2NOS/c5-3-1-2-4-6-3/h1,5H. The summed E-state index contributed by atoms with van der Waals surface area (Å²) in [5.41, 5.74) is 0. The minimum atomic E-state index is 0.218. The van der Waals surface area contributed by atoms with Crippen molar-refractivity contribution in [1.82, 2.24) is 4.37 Å². The van der Waals surface area contributed by atoms with Crippen molar-refractivity contribution in [2.24, 2.45) is 0 Å². The van der Waals surface area contributed by atoms with Crippen molar-refractivity contribution in [3.8, 4) is 5.06 Å². The molecular weight excluding hydrogens is 98.1 g/mol. The van der Waals surface area contributed by atoms with E-state index < -0.39 is 0 Å². The van der Waals surface area contributed by atoms with Gasteiger partial charge >= 0.3 is 0 Å². The van der Waals surface area contributed by atoms with E-state index in [4.69, 9.17) is 5.11 Å². The Labute approximate surface area is 39.2 Å². The molecule has 0 saturated heterocycles. The zero-order chi connectivity index (χ0) is 4.41. The third kappa shape index (κ3) is 0.490. The molecule has 1 N–H and O–H groups in total. The van der Waals surface area contributed by atoms with Gasteiger partial charge in [0.05, 0.1) is 0 Å². The minimum absolute atomic E-state index is 0.218.